The number of rotatable bonds is 5. The molecule has 0 aliphatic carbocycles. The highest BCUT2D eigenvalue weighted by molar-refractivity contribution is 5.84. The molecule has 0 saturated carbocycles. The monoisotopic (exact) mass is 313 g/mol. The van der Waals surface area contributed by atoms with E-state index >= 15 is 0 Å². The summed E-state index contributed by atoms with van der Waals surface area (Å²) in [6, 6.07) is 11.8. The summed E-state index contributed by atoms with van der Waals surface area (Å²) in [5, 5.41) is 20.5. The summed E-state index contributed by atoms with van der Waals surface area (Å²) in [5.74, 6) is 0.0970. The number of phenols is 1. The highest BCUT2D eigenvalue weighted by Gasteiger charge is 2.20. The molecule has 122 valence electrons. The third-order valence-corrected chi connectivity index (χ3v) is 4.66. The van der Waals surface area contributed by atoms with Gasteiger partial charge in [-0.1, -0.05) is 18.2 Å². The molecule has 1 fully saturated rings. The Morgan fingerprint density at radius 2 is 1.96 bits per heavy atom. The summed E-state index contributed by atoms with van der Waals surface area (Å²) >= 11 is 0. The van der Waals surface area contributed by atoms with Crippen molar-refractivity contribution in [2.45, 2.75) is 32.2 Å². The molecule has 1 aliphatic heterocycles. The molecule has 0 aromatic heterocycles. The molecule has 2 aromatic carbocycles. The van der Waals surface area contributed by atoms with E-state index < -0.39 is 5.97 Å². The Labute approximate surface area is 136 Å². The number of hydrogen-bond donors (Lipinski definition) is 2. The average molecular weight is 313 g/mol. The summed E-state index contributed by atoms with van der Waals surface area (Å²) in [7, 11) is 0. The first-order valence-corrected chi connectivity index (χ1v) is 8.26. The van der Waals surface area contributed by atoms with Gasteiger partial charge < -0.3 is 10.2 Å². The fraction of sp³-hybridized carbons (Fsp3) is 0.421. The number of phenolic OH excluding ortho intramolecular Hbond substituents is 1. The lowest BCUT2D eigenvalue weighted by Crippen LogP contribution is -2.35. The van der Waals surface area contributed by atoms with Crippen LogP contribution < -0.4 is 0 Å². The van der Waals surface area contributed by atoms with E-state index in [1.165, 1.54) is 5.56 Å². The van der Waals surface area contributed by atoms with Crippen LogP contribution in [0, 0.1) is 5.92 Å². The molecule has 2 aromatic rings. The SMILES string of the molecule is O=C(O)CC[C@@H]1CCCN(Cc2ccc3cc(O)ccc3c2)C1. The van der Waals surface area contributed by atoms with Crippen molar-refractivity contribution in [2.24, 2.45) is 5.92 Å². The number of aromatic hydroxyl groups is 1. The van der Waals surface area contributed by atoms with E-state index in [1.54, 1.807) is 12.1 Å². The van der Waals surface area contributed by atoms with Gasteiger partial charge in [-0.3, -0.25) is 9.69 Å². The Bertz CT molecular complexity index is 698. The van der Waals surface area contributed by atoms with E-state index in [0.29, 0.717) is 11.7 Å². The van der Waals surface area contributed by atoms with Crippen molar-refractivity contribution in [3.63, 3.8) is 0 Å². The number of carboxylic acid groups (broad SMARTS) is 1. The molecule has 1 atom stereocenters. The Morgan fingerprint density at radius 3 is 2.78 bits per heavy atom. The van der Waals surface area contributed by atoms with Gasteiger partial charge >= 0.3 is 5.97 Å². The van der Waals surface area contributed by atoms with Crippen LogP contribution >= 0.6 is 0 Å². The van der Waals surface area contributed by atoms with Crippen LogP contribution in [-0.4, -0.2) is 34.2 Å². The molecule has 0 unspecified atom stereocenters. The van der Waals surface area contributed by atoms with Crippen LogP contribution in [0.25, 0.3) is 10.8 Å². The van der Waals surface area contributed by atoms with Crippen molar-refractivity contribution in [3.05, 3.63) is 42.0 Å². The predicted octanol–water partition coefficient (Wildman–Crippen LogP) is 3.62. The van der Waals surface area contributed by atoms with E-state index in [-0.39, 0.29) is 6.42 Å². The van der Waals surface area contributed by atoms with Gasteiger partial charge in [0.2, 0.25) is 0 Å². The van der Waals surface area contributed by atoms with Crippen LogP contribution in [0.3, 0.4) is 0 Å². The van der Waals surface area contributed by atoms with Crippen LogP contribution in [0.1, 0.15) is 31.2 Å². The zero-order valence-corrected chi connectivity index (χ0v) is 13.2. The van der Waals surface area contributed by atoms with Gasteiger partial charge in [0.15, 0.2) is 0 Å². The molecule has 0 bridgehead atoms. The number of nitrogens with zero attached hydrogens (tertiary/aromatic N) is 1. The molecule has 23 heavy (non-hydrogen) atoms. The van der Waals surface area contributed by atoms with Gasteiger partial charge in [0.05, 0.1) is 0 Å². The third-order valence-electron chi connectivity index (χ3n) is 4.66. The lowest BCUT2D eigenvalue weighted by molar-refractivity contribution is -0.137. The maximum Gasteiger partial charge on any atom is 0.303 e. The smallest absolute Gasteiger partial charge is 0.303 e. The van der Waals surface area contributed by atoms with Gasteiger partial charge in [0.1, 0.15) is 5.75 Å². The van der Waals surface area contributed by atoms with Crippen LogP contribution in [0.4, 0.5) is 0 Å². The van der Waals surface area contributed by atoms with E-state index in [9.17, 15) is 9.90 Å². The summed E-state index contributed by atoms with van der Waals surface area (Å²) in [5.41, 5.74) is 1.27. The zero-order valence-electron chi connectivity index (χ0n) is 13.2. The first-order chi connectivity index (χ1) is 11.1. The lowest BCUT2D eigenvalue weighted by atomic mass is 9.93. The molecule has 1 aliphatic rings. The summed E-state index contributed by atoms with van der Waals surface area (Å²) < 4.78 is 0. The van der Waals surface area contributed by atoms with Gasteiger partial charge in [-0.25, -0.2) is 0 Å². The number of fused-ring (bicyclic) bond motifs is 1. The molecule has 0 spiro atoms. The molecule has 1 saturated heterocycles. The van der Waals surface area contributed by atoms with Crippen LogP contribution in [0.5, 0.6) is 5.75 Å². The Kier molecular flexibility index (Phi) is 4.82. The minimum Gasteiger partial charge on any atom is -0.508 e. The van der Waals surface area contributed by atoms with E-state index in [4.69, 9.17) is 5.11 Å². The van der Waals surface area contributed by atoms with E-state index in [2.05, 4.69) is 23.1 Å². The number of aliphatic carboxylic acids is 1. The molecule has 3 rings (SSSR count). The van der Waals surface area contributed by atoms with Gasteiger partial charge in [-0.2, -0.15) is 0 Å². The van der Waals surface area contributed by atoms with Crippen molar-refractivity contribution in [1.29, 1.82) is 0 Å². The Morgan fingerprint density at radius 1 is 1.17 bits per heavy atom. The Hall–Kier alpha value is -2.07. The number of piperidine rings is 1. The minimum absolute atomic E-state index is 0.276. The topological polar surface area (TPSA) is 60.8 Å². The highest BCUT2D eigenvalue weighted by atomic mass is 16.4. The molecule has 0 amide bonds. The molecule has 2 N–H and O–H groups in total. The molecule has 4 heteroatoms. The third kappa shape index (κ3) is 4.23. The second kappa shape index (κ2) is 7.01. The molecule has 0 radical (unpaired) electrons. The van der Waals surface area contributed by atoms with Crippen molar-refractivity contribution >= 4 is 16.7 Å². The van der Waals surface area contributed by atoms with Crippen molar-refractivity contribution in [2.75, 3.05) is 13.1 Å². The van der Waals surface area contributed by atoms with E-state index in [1.807, 2.05) is 6.07 Å². The molecule has 4 nitrogen and oxygen atoms in total. The summed E-state index contributed by atoms with van der Waals surface area (Å²) in [4.78, 5) is 13.2. The molecular weight excluding hydrogens is 290 g/mol. The molecular formula is C19H23NO3. The number of benzene rings is 2. The summed E-state index contributed by atoms with van der Waals surface area (Å²) in [6.45, 7) is 2.97. The number of carbonyl (C=O) groups is 1. The number of hydrogen-bond acceptors (Lipinski definition) is 3. The lowest BCUT2D eigenvalue weighted by Gasteiger charge is -2.32. The van der Waals surface area contributed by atoms with E-state index in [0.717, 1.165) is 49.7 Å². The normalized spacial score (nSPS) is 19.0. The van der Waals surface area contributed by atoms with Crippen LogP contribution in [-0.2, 0) is 11.3 Å². The van der Waals surface area contributed by atoms with Crippen molar-refractivity contribution in [1.82, 2.24) is 4.90 Å². The number of carboxylic acids is 1. The largest absolute Gasteiger partial charge is 0.508 e. The maximum absolute atomic E-state index is 10.7. The van der Waals surface area contributed by atoms with Gasteiger partial charge in [0.25, 0.3) is 0 Å². The second-order valence-corrected chi connectivity index (χ2v) is 6.54. The fourth-order valence-corrected chi connectivity index (χ4v) is 3.50. The first-order valence-electron chi connectivity index (χ1n) is 8.26. The maximum atomic E-state index is 10.7. The Balaban J connectivity index is 1.64. The van der Waals surface area contributed by atoms with Gasteiger partial charge in [-0.05, 0) is 66.3 Å². The van der Waals surface area contributed by atoms with Gasteiger partial charge in [-0.15, -0.1) is 0 Å². The minimum atomic E-state index is -0.695. The summed E-state index contributed by atoms with van der Waals surface area (Å²) in [6.07, 6.45) is 3.34. The highest BCUT2D eigenvalue weighted by Crippen LogP contribution is 2.25. The predicted molar refractivity (Wildman–Crippen MR) is 90.5 cm³/mol. The number of likely N-dealkylation sites (tertiary alicyclic amines) is 1. The van der Waals surface area contributed by atoms with Crippen LogP contribution in [0.15, 0.2) is 36.4 Å². The van der Waals surface area contributed by atoms with Gasteiger partial charge in [0, 0.05) is 19.5 Å². The zero-order chi connectivity index (χ0) is 16.2. The second-order valence-electron chi connectivity index (χ2n) is 6.54. The standard InChI is InChI=1S/C19H23NO3/c21-18-7-6-16-10-15(3-5-17(16)11-18)13-20-9-1-2-14(12-20)4-8-19(22)23/h3,5-7,10-11,14,21H,1-2,4,8-9,12-13H2,(H,22,23)/t14-/m0/s1. The fourth-order valence-electron chi connectivity index (χ4n) is 3.50. The van der Waals surface area contributed by atoms with Crippen molar-refractivity contribution in [3.8, 4) is 5.75 Å². The quantitative estimate of drug-likeness (QED) is 0.885. The first kappa shape index (κ1) is 15.8. The van der Waals surface area contributed by atoms with Crippen LogP contribution in [0.2, 0.25) is 0 Å². The molecule has 1 heterocycles. The van der Waals surface area contributed by atoms with Crippen molar-refractivity contribution < 1.29 is 15.0 Å². The average Bonchev–Trinajstić information content (AvgIpc) is 2.53.